The largest absolute Gasteiger partial charge is 0.502 e. The fourth-order valence-electron chi connectivity index (χ4n) is 6.55. The van der Waals surface area contributed by atoms with Gasteiger partial charge >= 0.3 is 5.69 Å². The number of carbonyl (C=O) groups excluding carboxylic acids is 5. The van der Waals surface area contributed by atoms with Crippen LogP contribution in [0.1, 0.15) is 22.3 Å². The van der Waals surface area contributed by atoms with E-state index in [1.54, 1.807) is 18.2 Å². The van der Waals surface area contributed by atoms with E-state index in [-0.39, 0.29) is 24.0 Å². The Morgan fingerprint density at radius 3 is 2.46 bits per heavy atom. The predicted octanol–water partition coefficient (Wildman–Crippen LogP) is -0.163. The van der Waals surface area contributed by atoms with E-state index in [0.717, 1.165) is 6.07 Å². The lowest BCUT2D eigenvalue weighted by Crippen LogP contribution is -2.74. The zero-order chi connectivity index (χ0) is 28.5. The molecule has 0 spiro atoms. The number of phenolic OH excluding ortho intramolecular Hbond substituents is 1. The SMILES string of the molecule is CN(C)[C@@H]1C(=O)C(C(N)=O)C(=O)[C@@]2(O)C(=O)C3C(=O)c4c(O)c([N+](=O)[O-])cc(-c5ccccn5)c4C[C@H]3C[C@@H]12. The molecule has 0 bridgehead atoms. The van der Waals surface area contributed by atoms with Gasteiger partial charge in [-0.15, -0.1) is 0 Å². The second kappa shape index (κ2) is 8.85. The molecule has 0 radical (unpaired) electrons. The van der Waals surface area contributed by atoms with Gasteiger partial charge in [0, 0.05) is 23.7 Å². The number of nitro benzene ring substituents is 1. The summed E-state index contributed by atoms with van der Waals surface area (Å²) in [5.41, 5.74) is 1.92. The number of nitrogens with zero attached hydrogens (tertiary/aromatic N) is 3. The van der Waals surface area contributed by atoms with Crippen molar-refractivity contribution in [2.45, 2.75) is 24.5 Å². The molecule has 13 nitrogen and oxygen atoms in total. The summed E-state index contributed by atoms with van der Waals surface area (Å²) >= 11 is 0. The number of fused-ring (bicyclic) bond motifs is 3. The van der Waals surface area contributed by atoms with Gasteiger partial charge in [-0.1, -0.05) is 6.07 Å². The fourth-order valence-corrected chi connectivity index (χ4v) is 6.55. The number of carbonyl (C=O) groups is 5. The summed E-state index contributed by atoms with van der Waals surface area (Å²) in [4.78, 5) is 82.8. The second-order valence-corrected chi connectivity index (χ2v) is 10.4. The Morgan fingerprint density at radius 1 is 1.21 bits per heavy atom. The summed E-state index contributed by atoms with van der Waals surface area (Å²) in [6.07, 6.45) is 1.28. The van der Waals surface area contributed by atoms with Crippen molar-refractivity contribution < 1.29 is 39.1 Å². The lowest BCUT2D eigenvalue weighted by molar-refractivity contribution is -0.385. The van der Waals surface area contributed by atoms with Crippen LogP contribution in [0.3, 0.4) is 0 Å². The maximum atomic E-state index is 13.9. The van der Waals surface area contributed by atoms with Crippen molar-refractivity contribution in [3.05, 3.63) is 51.7 Å². The maximum Gasteiger partial charge on any atom is 0.312 e. The number of benzene rings is 1. The Hall–Kier alpha value is -4.36. The smallest absolute Gasteiger partial charge is 0.312 e. The molecule has 3 aliphatic carbocycles. The number of amides is 1. The van der Waals surface area contributed by atoms with E-state index in [1.165, 1.54) is 25.2 Å². The molecule has 0 aliphatic heterocycles. The number of aliphatic hydroxyl groups is 1. The molecular weight excluding hydrogens is 512 g/mol. The van der Waals surface area contributed by atoms with E-state index < -0.39 is 86.3 Å². The Kier molecular flexibility index (Phi) is 5.96. The quantitative estimate of drug-likeness (QED) is 0.265. The molecule has 4 N–H and O–H groups in total. The molecule has 2 unspecified atom stereocenters. The van der Waals surface area contributed by atoms with Gasteiger partial charge in [-0.2, -0.15) is 0 Å². The molecule has 6 atom stereocenters. The third-order valence-corrected chi connectivity index (χ3v) is 8.18. The van der Waals surface area contributed by atoms with E-state index in [9.17, 15) is 44.3 Å². The molecule has 0 saturated heterocycles. The highest BCUT2D eigenvalue weighted by Gasteiger charge is 2.69. The van der Waals surface area contributed by atoms with E-state index in [0.29, 0.717) is 5.69 Å². The van der Waals surface area contributed by atoms with Gasteiger partial charge in [-0.3, -0.25) is 44.0 Å². The van der Waals surface area contributed by atoms with E-state index in [4.69, 9.17) is 5.73 Å². The molecule has 2 saturated carbocycles. The first-order chi connectivity index (χ1) is 18.3. The number of phenols is 1. The number of rotatable bonds is 4. The van der Waals surface area contributed by atoms with Crippen molar-refractivity contribution in [1.82, 2.24) is 9.88 Å². The molecule has 1 amide bonds. The van der Waals surface area contributed by atoms with Gasteiger partial charge in [0.25, 0.3) is 0 Å². The molecule has 2 fully saturated rings. The van der Waals surface area contributed by atoms with Crippen molar-refractivity contribution in [2.75, 3.05) is 14.1 Å². The maximum absolute atomic E-state index is 13.9. The normalized spacial score (nSPS) is 30.0. The van der Waals surface area contributed by atoms with Gasteiger partial charge < -0.3 is 15.9 Å². The molecule has 1 aromatic carbocycles. The Morgan fingerprint density at radius 2 is 1.90 bits per heavy atom. The van der Waals surface area contributed by atoms with Crippen molar-refractivity contribution in [3.63, 3.8) is 0 Å². The minimum absolute atomic E-state index is 0.0384. The number of hydrogen-bond donors (Lipinski definition) is 3. The van der Waals surface area contributed by atoms with Crippen molar-refractivity contribution in [1.29, 1.82) is 0 Å². The molecule has 2 aromatic rings. The van der Waals surface area contributed by atoms with Crippen LogP contribution < -0.4 is 5.73 Å². The van der Waals surface area contributed by atoms with E-state index in [2.05, 4.69) is 4.98 Å². The minimum atomic E-state index is -2.88. The average Bonchev–Trinajstić information content (AvgIpc) is 2.86. The Balaban J connectivity index is 1.72. The van der Waals surface area contributed by atoms with Gasteiger partial charge in [0.2, 0.25) is 11.7 Å². The van der Waals surface area contributed by atoms with Gasteiger partial charge in [0.1, 0.15) is 0 Å². The Labute approximate surface area is 220 Å². The predicted molar refractivity (Wildman–Crippen MR) is 131 cm³/mol. The zero-order valence-corrected chi connectivity index (χ0v) is 20.9. The van der Waals surface area contributed by atoms with Crippen molar-refractivity contribution in [2.24, 2.45) is 29.4 Å². The van der Waals surface area contributed by atoms with Gasteiger partial charge in [0.15, 0.2) is 34.7 Å². The number of likely N-dealkylation sites (N-methyl/N-ethyl adjacent to an activating group) is 1. The van der Waals surface area contributed by atoms with E-state index in [1.807, 2.05) is 0 Å². The molecule has 5 rings (SSSR count). The highest BCUT2D eigenvalue weighted by atomic mass is 16.6. The topological polar surface area (TPSA) is 211 Å². The van der Waals surface area contributed by atoms with Crippen LogP contribution in [0.15, 0.2) is 30.5 Å². The second-order valence-electron chi connectivity index (χ2n) is 10.4. The van der Waals surface area contributed by atoms with Crippen LogP contribution in [0.4, 0.5) is 5.69 Å². The first-order valence-corrected chi connectivity index (χ1v) is 12.1. The highest BCUT2D eigenvalue weighted by Crippen LogP contribution is 2.52. The van der Waals surface area contributed by atoms with Crippen LogP contribution in [0.2, 0.25) is 0 Å². The van der Waals surface area contributed by atoms with Crippen LogP contribution >= 0.6 is 0 Å². The van der Waals surface area contributed by atoms with Crippen LogP contribution in [0, 0.1) is 33.8 Å². The molecule has 1 aromatic heterocycles. The molecule has 1 heterocycles. The summed E-state index contributed by atoms with van der Waals surface area (Å²) in [6, 6.07) is 4.72. The highest BCUT2D eigenvalue weighted by molar-refractivity contribution is 6.32. The summed E-state index contributed by atoms with van der Waals surface area (Å²) in [6.45, 7) is 0. The lowest BCUT2D eigenvalue weighted by atomic mass is 9.52. The number of nitro groups is 1. The summed E-state index contributed by atoms with van der Waals surface area (Å²) in [7, 11) is 2.98. The number of pyridine rings is 1. The summed E-state index contributed by atoms with van der Waals surface area (Å²) in [5.74, 6) is -12.6. The monoisotopic (exact) mass is 536 g/mol. The Bertz CT molecular complexity index is 1490. The van der Waals surface area contributed by atoms with Gasteiger partial charge in [-0.25, -0.2) is 0 Å². The summed E-state index contributed by atoms with van der Waals surface area (Å²) < 4.78 is 0. The van der Waals surface area contributed by atoms with Crippen molar-refractivity contribution >= 4 is 34.7 Å². The number of nitrogens with two attached hydrogens (primary N) is 1. The molecule has 39 heavy (non-hydrogen) atoms. The lowest BCUT2D eigenvalue weighted by Gasteiger charge is -2.52. The third kappa shape index (κ3) is 3.53. The zero-order valence-electron chi connectivity index (χ0n) is 20.9. The number of ketones is 4. The number of primary amides is 1. The van der Waals surface area contributed by atoms with Crippen molar-refractivity contribution in [3.8, 4) is 17.0 Å². The average molecular weight is 536 g/mol. The molecular formula is C26H24N4O9. The van der Waals surface area contributed by atoms with Gasteiger partial charge in [0.05, 0.1) is 28.1 Å². The number of Topliss-reactive ketones (excluding diaryl/α,β-unsaturated/α-hetero) is 4. The minimum Gasteiger partial charge on any atom is -0.502 e. The first-order valence-electron chi connectivity index (χ1n) is 12.1. The van der Waals surface area contributed by atoms with E-state index >= 15 is 0 Å². The third-order valence-electron chi connectivity index (χ3n) is 8.18. The molecule has 13 heteroatoms. The standard InChI is InChI=1S/C26H24N4O9/c1-29(2)19-13-8-10-7-12-11(14-5-3-4-6-28-14)9-15(30(38)39)20(31)17(12)21(32)16(10)23(34)26(13,37)24(35)18(22(19)33)25(27)36/h3-6,9-10,13,16,18-19,31,37H,7-8H2,1-2H3,(H2,27,36)/t10-,13-,16?,18?,19-,26-/m0/s1. The van der Waals surface area contributed by atoms with Crippen LogP contribution in [-0.4, -0.2) is 79.8 Å². The first kappa shape index (κ1) is 26.3. The van der Waals surface area contributed by atoms with Gasteiger partial charge in [-0.05, 0) is 50.6 Å². The van der Waals surface area contributed by atoms with Crippen LogP contribution in [-0.2, 0) is 25.6 Å². The number of aromatic nitrogens is 1. The summed E-state index contributed by atoms with van der Waals surface area (Å²) in [5, 5.41) is 34.2. The molecule has 3 aliphatic rings. The van der Waals surface area contributed by atoms with Crippen LogP contribution in [0.25, 0.3) is 11.3 Å². The number of hydrogen-bond acceptors (Lipinski definition) is 11. The number of aromatic hydroxyl groups is 1. The molecule has 202 valence electrons. The fraction of sp³-hybridized carbons (Fsp3) is 0.385. The van der Waals surface area contributed by atoms with Crippen LogP contribution in [0.5, 0.6) is 5.75 Å².